The largest absolute Gasteiger partial charge is 0.508 e. The molecular weight excluding hydrogens is 342 g/mol. The molecule has 1 aromatic carbocycles. The van der Waals surface area contributed by atoms with Crippen LogP contribution in [0.3, 0.4) is 0 Å². The smallest absolute Gasteiger partial charge is 0.254 e. The molecule has 3 heterocycles. The van der Waals surface area contributed by atoms with E-state index in [0.717, 1.165) is 29.5 Å². The summed E-state index contributed by atoms with van der Waals surface area (Å²) in [5, 5.41) is 17.4. The molecule has 1 aliphatic rings. The Morgan fingerprint density at radius 3 is 2.78 bits per heavy atom. The van der Waals surface area contributed by atoms with Gasteiger partial charge in [-0.05, 0) is 57.0 Å². The Hall–Kier alpha value is -2.93. The third kappa shape index (κ3) is 3.26. The Kier molecular flexibility index (Phi) is 4.11. The highest BCUT2D eigenvalue weighted by molar-refractivity contribution is 6.07. The van der Waals surface area contributed by atoms with Crippen LogP contribution in [0.4, 0.5) is 0 Å². The van der Waals surface area contributed by atoms with E-state index in [1.807, 2.05) is 24.8 Å². The van der Waals surface area contributed by atoms with Crippen molar-refractivity contribution < 1.29 is 9.90 Å². The van der Waals surface area contributed by atoms with E-state index in [2.05, 4.69) is 15.2 Å². The van der Waals surface area contributed by atoms with Crippen molar-refractivity contribution in [3.8, 4) is 17.0 Å². The summed E-state index contributed by atoms with van der Waals surface area (Å²) in [6, 6.07) is 8.57. The first-order valence-electron chi connectivity index (χ1n) is 9.07. The van der Waals surface area contributed by atoms with Crippen molar-refractivity contribution in [3.05, 3.63) is 41.6 Å². The van der Waals surface area contributed by atoms with Crippen LogP contribution in [0.25, 0.3) is 22.3 Å². The minimum absolute atomic E-state index is 0.0525. The number of piperidine rings is 1. The van der Waals surface area contributed by atoms with Crippen molar-refractivity contribution >= 4 is 16.9 Å². The molecule has 0 saturated carbocycles. The van der Waals surface area contributed by atoms with Gasteiger partial charge in [-0.1, -0.05) is 0 Å². The lowest BCUT2D eigenvalue weighted by molar-refractivity contribution is 0.0659. The van der Waals surface area contributed by atoms with Gasteiger partial charge < -0.3 is 15.7 Å². The Balaban J connectivity index is 1.82. The maximum absolute atomic E-state index is 13.4. The monoisotopic (exact) mass is 365 g/mol. The van der Waals surface area contributed by atoms with Crippen LogP contribution in [-0.2, 0) is 0 Å². The molecular formula is C20H23N5O2. The van der Waals surface area contributed by atoms with Gasteiger partial charge in [0.2, 0.25) is 0 Å². The molecule has 140 valence electrons. The summed E-state index contributed by atoms with van der Waals surface area (Å²) in [6.07, 6.45) is 1.80. The zero-order valence-corrected chi connectivity index (χ0v) is 15.5. The normalized spacial score (nSPS) is 20.2. The molecule has 7 heteroatoms. The van der Waals surface area contributed by atoms with Crippen molar-refractivity contribution in [3.63, 3.8) is 0 Å². The van der Waals surface area contributed by atoms with E-state index in [4.69, 9.17) is 5.73 Å². The van der Waals surface area contributed by atoms with Gasteiger partial charge in [-0.3, -0.25) is 9.89 Å². The van der Waals surface area contributed by atoms with E-state index >= 15 is 0 Å². The van der Waals surface area contributed by atoms with Crippen LogP contribution in [0.1, 0.15) is 35.8 Å². The summed E-state index contributed by atoms with van der Waals surface area (Å²) in [5.41, 5.74) is 9.29. The number of benzene rings is 1. The minimum Gasteiger partial charge on any atom is -0.508 e. The summed E-state index contributed by atoms with van der Waals surface area (Å²) in [6.45, 7) is 5.07. The highest BCUT2D eigenvalue weighted by atomic mass is 16.3. The van der Waals surface area contributed by atoms with E-state index < -0.39 is 0 Å². The first-order valence-corrected chi connectivity index (χ1v) is 9.07. The van der Waals surface area contributed by atoms with Gasteiger partial charge in [-0.2, -0.15) is 5.10 Å². The number of nitrogens with two attached hydrogens (primary N) is 1. The number of rotatable bonds is 2. The second-order valence-electron chi connectivity index (χ2n) is 7.62. The third-order valence-electron chi connectivity index (χ3n) is 5.12. The van der Waals surface area contributed by atoms with Crippen LogP contribution >= 0.6 is 0 Å². The van der Waals surface area contributed by atoms with Crippen molar-refractivity contribution in [1.29, 1.82) is 0 Å². The number of aromatic nitrogens is 3. The lowest BCUT2D eigenvalue weighted by Crippen LogP contribution is -2.53. The molecule has 1 amide bonds. The lowest BCUT2D eigenvalue weighted by Gasteiger charge is -2.38. The second-order valence-corrected chi connectivity index (χ2v) is 7.62. The number of aryl methyl sites for hydroxylation is 1. The molecule has 4 N–H and O–H groups in total. The highest BCUT2D eigenvalue weighted by Crippen LogP contribution is 2.29. The Labute approximate surface area is 157 Å². The van der Waals surface area contributed by atoms with Gasteiger partial charge in [0.05, 0.1) is 22.3 Å². The van der Waals surface area contributed by atoms with Crippen molar-refractivity contribution in [2.75, 3.05) is 13.1 Å². The Morgan fingerprint density at radius 1 is 1.33 bits per heavy atom. The number of nitrogens with one attached hydrogen (secondary N) is 1. The summed E-state index contributed by atoms with van der Waals surface area (Å²) in [4.78, 5) is 19.8. The second kappa shape index (κ2) is 6.35. The Bertz CT molecular complexity index is 1010. The van der Waals surface area contributed by atoms with E-state index in [-0.39, 0.29) is 17.2 Å². The number of hydrogen-bond acceptors (Lipinski definition) is 5. The molecule has 2 aromatic heterocycles. The van der Waals surface area contributed by atoms with Crippen molar-refractivity contribution in [1.82, 2.24) is 20.1 Å². The zero-order valence-electron chi connectivity index (χ0n) is 15.5. The topological polar surface area (TPSA) is 108 Å². The van der Waals surface area contributed by atoms with Crippen molar-refractivity contribution in [2.24, 2.45) is 5.73 Å². The number of phenolic OH excluding ortho intramolecular Hbond substituents is 1. The molecule has 27 heavy (non-hydrogen) atoms. The lowest BCUT2D eigenvalue weighted by atomic mass is 9.91. The van der Waals surface area contributed by atoms with E-state index in [9.17, 15) is 9.90 Å². The SMILES string of the molecule is Cc1n[nH]c2nc(-c3ccc(O)cc3)cc(C(=O)N3CCCC(C)(N)C3)c12. The number of H-pyrrole nitrogens is 1. The molecule has 1 saturated heterocycles. The predicted molar refractivity (Wildman–Crippen MR) is 103 cm³/mol. The number of fused-ring (bicyclic) bond motifs is 1. The van der Waals surface area contributed by atoms with Gasteiger partial charge in [-0.15, -0.1) is 0 Å². The zero-order chi connectivity index (χ0) is 19.2. The molecule has 1 unspecified atom stereocenters. The van der Waals surface area contributed by atoms with Crippen LogP contribution in [0.5, 0.6) is 5.75 Å². The molecule has 0 bridgehead atoms. The first-order chi connectivity index (χ1) is 12.8. The average molecular weight is 365 g/mol. The van der Waals surface area contributed by atoms with Gasteiger partial charge in [-0.25, -0.2) is 4.98 Å². The number of likely N-dealkylation sites (tertiary alicyclic amines) is 1. The third-order valence-corrected chi connectivity index (χ3v) is 5.12. The van der Waals surface area contributed by atoms with Crippen LogP contribution in [-0.4, -0.2) is 49.7 Å². The summed E-state index contributed by atoms with van der Waals surface area (Å²) < 4.78 is 0. The van der Waals surface area contributed by atoms with E-state index in [0.29, 0.717) is 30.0 Å². The number of aromatic amines is 1. The number of pyridine rings is 1. The average Bonchev–Trinajstić information content (AvgIpc) is 3.01. The number of nitrogens with zero attached hydrogens (tertiary/aromatic N) is 3. The van der Waals surface area contributed by atoms with E-state index in [1.165, 1.54) is 0 Å². The fourth-order valence-corrected chi connectivity index (χ4v) is 3.75. The van der Waals surface area contributed by atoms with Gasteiger partial charge in [0.15, 0.2) is 5.65 Å². The van der Waals surface area contributed by atoms with Crippen LogP contribution < -0.4 is 5.73 Å². The molecule has 1 fully saturated rings. The van der Waals surface area contributed by atoms with Gasteiger partial charge >= 0.3 is 0 Å². The highest BCUT2D eigenvalue weighted by Gasteiger charge is 2.31. The van der Waals surface area contributed by atoms with Gasteiger partial charge in [0.25, 0.3) is 5.91 Å². The van der Waals surface area contributed by atoms with Crippen molar-refractivity contribution in [2.45, 2.75) is 32.2 Å². The van der Waals surface area contributed by atoms with Crippen LogP contribution in [0.2, 0.25) is 0 Å². The quantitative estimate of drug-likeness (QED) is 0.647. The first kappa shape index (κ1) is 17.5. The Morgan fingerprint density at radius 2 is 2.07 bits per heavy atom. The predicted octanol–water partition coefficient (Wildman–Crippen LogP) is 2.59. The molecule has 0 aliphatic carbocycles. The fourth-order valence-electron chi connectivity index (χ4n) is 3.75. The summed E-state index contributed by atoms with van der Waals surface area (Å²) in [7, 11) is 0. The van der Waals surface area contributed by atoms with Crippen LogP contribution in [0.15, 0.2) is 30.3 Å². The van der Waals surface area contributed by atoms with Gasteiger partial charge in [0.1, 0.15) is 5.75 Å². The van der Waals surface area contributed by atoms with Gasteiger partial charge in [0, 0.05) is 24.2 Å². The molecule has 4 rings (SSSR count). The molecule has 7 nitrogen and oxygen atoms in total. The number of amides is 1. The number of phenols is 1. The number of aromatic hydroxyl groups is 1. The maximum Gasteiger partial charge on any atom is 0.254 e. The number of carbonyl (C=O) groups is 1. The van der Waals surface area contributed by atoms with E-state index in [1.54, 1.807) is 24.3 Å². The molecule has 0 spiro atoms. The minimum atomic E-state index is -0.370. The molecule has 1 atom stereocenters. The maximum atomic E-state index is 13.4. The number of hydrogen-bond donors (Lipinski definition) is 3. The fraction of sp³-hybridized carbons (Fsp3) is 0.350. The number of carbonyl (C=O) groups excluding carboxylic acids is 1. The standard InChI is InChI=1S/C20H23N5O2/c1-12-17-15(19(27)25-9-3-8-20(2,21)11-25)10-16(22-18(17)24-23-12)13-4-6-14(26)7-5-13/h4-7,10,26H,3,8-9,11,21H2,1-2H3,(H,22,23,24). The molecule has 1 aliphatic heterocycles. The summed E-state index contributed by atoms with van der Waals surface area (Å²) in [5.74, 6) is 0.132. The molecule has 3 aromatic rings. The van der Waals surface area contributed by atoms with Crippen LogP contribution in [0, 0.1) is 6.92 Å². The molecule has 0 radical (unpaired) electrons. The summed E-state index contributed by atoms with van der Waals surface area (Å²) >= 11 is 0.